The van der Waals surface area contributed by atoms with Crippen molar-refractivity contribution in [2.24, 2.45) is 0 Å². The Morgan fingerprint density at radius 3 is 1.33 bits per heavy atom. The number of unbranched alkanes of at least 4 members (excludes halogenated alkanes) is 13. The van der Waals surface area contributed by atoms with Crippen LogP contribution in [0.4, 0.5) is 0 Å². The van der Waals surface area contributed by atoms with Gasteiger partial charge in [-0.05, 0) is 19.8 Å². The molecule has 0 amide bonds. The number of rotatable bonds is 16. The third-order valence-electron chi connectivity index (χ3n) is 4.53. The largest absolute Gasteiger partial charge is 1.00 e. The molecule has 0 aromatic carbocycles. The molecule has 24 heavy (non-hydrogen) atoms. The van der Waals surface area contributed by atoms with Crippen LogP contribution in [0.15, 0.2) is 0 Å². The molecule has 1 atom stereocenters. The fraction of sp³-hybridized carbons (Fsp3) is 1.00. The summed E-state index contributed by atoms with van der Waals surface area (Å²) >= 11 is 0. The van der Waals surface area contributed by atoms with Crippen molar-refractivity contribution in [3.8, 4) is 0 Å². The first kappa shape index (κ1) is 27.7. The minimum atomic E-state index is -4.61. The summed E-state index contributed by atoms with van der Waals surface area (Å²) in [6, 6.07) is 0. The molecule has 0 aromatic rings. The Kier molecular flexibility index (Phi) is 19.2. The van der Waals surface area contributed by atoms with Crippen LogP contribution in [0.3, 0.4) is 0 Å². The fourth-order valence-corrected chi connectivity index (χ4v) is 3.17. The molecule has 0 saturated carbocycles. The van der Waals surface area contributed by atoms with E-state index in [0.29, 0.717) is 6.42 Å². The standard InChI is InChI=1S/C18H38O4S.K/c1-3-4-5-6-7-8-9-10-11-12-13-14-15-16-17-18(2,19)23(20,21)22;/h19H,3-17H2,1-2H3,(H,20,21,22);/q;+1/p-1. The Bertz CT molecular complexity index is 369. The van der Waals surface area contributed by atoms with Crippen molar-refractivity contribution in [3.05, 3.63) is 0 Å². The van der Waals surface area contributed by atoms with Crippen LogP contribution >= 0.6 is 0 Å². The van der Waals surface area contributed by atoms with Crippen LogP contribution in [-0.2, 0) is 10.1 Å². The van der Waals surface area contributed by atoms with Crippen LogP contribution in [-0.4, -0.2) is 23.0 Å². The van der Waals surface area contributed by atoms with Gasteiger partial charge in [0, 0.05) is 0 Å². The number of hydrogen-bond donors (Lipinski definition) is 1. The first-order valence-corrected chi connectivity index (χ1v) is 10.9. The van der Waals surface area contributed by atoms with Gasteiger partial charge in [-0.2, -0.15) is 0 Å². The summed E-state index contributed by atoms with van der Waals surface area (Å²) in [4.78, 5) is -2.11. The minimum Gasteiger partial charge on any atom is -0.746 e. The molecule has 0 aromatic heterocycles. The van der Waals surface area contributed by atoms with Crippen molar-refractivity contribution >= 4 is 10.1 Å². The maximum Gasteiger partial charge on any atom is 1.00 e. The van der Waals surface area contributed by atoms with Crippen LogP contribution in [0.1, 0.15) is 110 Å². The smallest absolute Gasteiger partial charge is 0.746 e. The van der Waals surface area contributed by atoms with E-state index in [9.17, 15) is 18.1 Å². The van der Waals surface area contributed by atoms with Crippen LogP contribution in [0.25, 0.3) is 0 Å². The monoisotopic (exact) mass is 388 g/mol. The van der Waals surface area contributed by atoms with Gasteiger partial charge < -0.3 is 9.66 Å². The molecule has 0 rings (SSSR count). The quantitative estimate of drug-likeness (QED) is 0.250. The normalized spacial score (nSPS) is 14.2. The van der Waals surface area contributed by atoms with E-state index >= 15 is 0 Å². The molecule has 4 nitrogen and oxygen atoms in total. The summed E-state index contributed by atoms with van der Waals surface area (Å²) in [5.74, 6) is 0. The molecule has 1 N–H and O–H groups in total. The van der Waals surface area contributed by atoms with Gasteiger partial charge in [0.25, 0.3) is 0 Å². The second-order valence-electron chi connectivity index (χ2n) is 6.98. The summed E-state index contributed by atoms with van der Waals surface area (Å²) in [5.41, 5.74) is 0. The van der Waals surface area contributed by atoms with E-state index in [2.05, 4.69) is 6.92 Å². The summed E-state index contributed by atoms with van der Waals surface area (Å²) in [6.45, 7) is 3.34. The molecule has 0 aliphatic heterocycles. The van der Waals surface area contributed by atoms with Gasteiger partial charge in [-0.1, -0.05) is 90.4 Å². The predicted octanol–water partition coefficient (Wildman–Crippen LogP) is 2.12. The summed E-state index contributed by atoms with van der Waals surface area (Å²) in [5, 5.41) is 9.54. The Morgan fingerprint density at radius 1 is 0.750 bits per heavy atom. The molecule has 0 aliphatic carbocycles. The van der Waals surface area contributed by atoms with Crippen molar-refractivity contribution in [2.75, 3.05) is 0 Å². The van der Waals surface area contributed by atoms with E-state index in [4.69, 9.17) is 0 Å². The van der Waals surface area contributed by atoms with Gasteiger partial charge in [-0.25, -0.2) is 8.42 Å². The third kappa shape index (κ3) is 15.7. The molecule has 0 spiro atoms. The zero-order chi connectivity index (χ0) is 17.6. The van der Waals surface area contributed by atoms with E-state index in [1.807, 2.05) is 0 Å². The van der Waals surface area contributed by atoms with Gasteiger partial charge in [-0.15, -0.1) is 0 Å². The summed E-state index contributed by atoms with van der Waals surface area (Å²) in [7, 11) is -4.61. The maximum absolute atomic E-state index is 10.8. The molecule has 0 aliphatic rings. The van der Waals surface area contributed by atoms with Crippen LogP contribution in [0, 0.1) is 0 Å². The van der Waals surface area contributed by atoms with Gasteiger partial charge in [0.05, 0.1) is 0 Å². The Hall–Kier alpha value is 1.51. The van der Waals surface area contributed by atoms with Crippen LogP contribution < -0.4 is 51.4 Å². The average Bonchev–Trinajstić information content (AvgIpc) is 2.46. The molecule has 140 valence electrons. The molecule has 6 heteroatoms. The second kappa shape index (κ2) is 16.7. The van der Waals surface area contributed by atoms with Gasteiger partial charge in [0.2, 0.25) is 0 Å². The van der Waals surface area contributed by atoms with Crippen molar-refractivity contribution < 1.29 is 69.5 Å². The van der Waals surface area contributed by atoms with Crippen molar-refractivity contribution in [3.63, 3.8) is 0 Å². The predicted molar refractivity (Wildman–Crippen MR) is 95.3 cm³/mol. The molecule has 0 heterocycles. The molecule has 0 saturated heterocycles. The third-order valence-corrected chi connectivity index (χ3v) is 5.81. The second-order valence-corrected chi connectivity index (χ2v) is 8.76. The summed E-state index contributed by atoms with van der Waals surface area (Å²) in [6.07, 6.45) is 17.1. The topological polar surface area (TPSA) is 77.4 Å². The van der Waals surface area contributed by atoms with E-state index in [1.165, 1.54) is 64.2 Å². The Balaban J connectivity index is 0. The van der Waals surface area contributed by atoms with Crippen molar-refractivity contribution in [1.82, 2.24) is 0 Å². The molecule has 0 radical (unpaired) electrons. The number of aliphatic hydroxyl groups is 1. The van der Waals surface area contributed by atoms with Crippen LogP contribution in [0.2, 0.25) is 0 Å². The molecule has 1 unspecified atom stereocenters. The van der Waals surface area contributed by atoms with Crippen LogP contribution in [0.5, 0.6) is 0 Å². The fourth-order valence-electron chi connectivity index (χ4n) is 2.77. The summed E-state index contributed by atoms with van der Waals surface area (Å²) < 4.78 is 32.4. The van der Waals surface area contributed by atoms with E-state index in [0.717, 1.165) is 26.2 Å². The molecule has 0 fully saturated rings. The zero-order valence-electron chi connectivity index (χ0n) is 16.2. The van der Waals surface area contributed by atoms with E-state index in [1.54, 1.807) is 0 Å². The molecular formula is C18H37KO4S. The first-order chi connectivity index (χ1) is 10.8. The van der Waals surface area contributed by atoms with Gasteiger partial charge in [0.1, 0.15) is 10.1 Å². The maximum atomic E-state index is 10.8. The van der Waals surface area contributed by atoms with Gasteiger partial charge in [0.15, 0.2) is 4.93 Å². The number of hydrogen-bond acceptors (Lipinski definition) is 4. The van der Waals surface area contributed by atoms with Crippen molar-refractivity contribution in [2.45, 2.75) is 115 Å². The Morgan fingerprint density at radius 2 is 1.04 bits per heavy atom. The SMILES string of the molecule is CCCCCCCCCCCCCCCCC(C)(O)S(=O)(=O)[O-].[K+]. The van der Waals surface area contributed by atoms with E-state index in [-0.39, 0.29) is 57.8 Å². The molecule has 0 bridgehead atoms. The average molecular weight is 389 g/mol. The van der Waals surface area contributed by atoms with E-state index < -0.39 is 15.1 Å². The van der Waals surface area contributed by atoms with Gasteiger partial charge in [-0.3, -0.25) is 0 Å². The van der Waals surface area contributed by atoms with Gasteiger partial charge >= 0.3 is 51.4 Å². The zero-order valence-corrected chi connectivity index (χ0v) is 20.1. The first-order valence-electron chi connectivity index (χ1n) is 9.49. The molecular weight excluding hydrogens is 351 g/mol. The minimum absolute atomic E-state index is 0. The Labute approximate surface area is 192 Å². The van der Waals surface area contributed by atoms with Crippen molar-refractivity contribution in [1.29, 1.82) is 0 Å².